The summed E-state index contributed by atoms with van der Waals surface area (Å²) in [6.45, 7) is 5.19. The van der Waals surface area contributed by atoms with Crippen LogP contribution >= 0.6 is 0 Å². The van der Waals surface area contributed by atoms with Crippen LogP contribution in [0.25, 0.3) is 0 Å². The Morgan fingerprint density at radius 3 is 2.29 bits per heavy atom. The molecule has 0 bridgehead atoms. The number of aliphatic carboxylic acids is 1. The third-order valence-electron chi connectivity index (χ3n) is 3.12. The van der Waals surface area contributed by atoms with Crippen molar-refractivity contribution >= 4 is 24.1 Å². The van der Waals surface area contributed by atoms with Crippen LogP contribution in [-0.2, 0) is 28.5 Å². The van der Waals surface area contributed by atoms with E-state index in [2.05, 4.69) is 17.2 Å². The summed E-state index contributed by atoms with van der Waals surface area (Å²) in [6.07, 6.45) is -2.04. The van der Waals surface area contributed by atoms with Gasteiger partial charge in [0.05, 0.1) is 13.2 Å². The number of esters is 1. The first kappa shape index (κ1) is 25.2. The molecule has 0 saturated carbocycles. The van der Waals surface area contributed by atoms with E-state index in [1.807, 2.05) is 0 Å². The van der Waals surface area contributed by atoms with Crippen LogP contribution in [0.4, 0.5) is 9.59 Å². The third kappa shape index (κ3) is 14.4. The van der Waals surface area contributed by atoms with Crippen molar-refractivity contribution in [2.24, 2.45) is 0 Å². The van der Waals surface area contributed by atoms with E-state index in [1.54, 1.807) is 0 Å². The maximum Gasteiger partial charge on any atom is 0.407 e. The second-order valence-electron chi connectivity index (χ2n) is 5.67. The minimum absolute atomic E-state index is 0.0120. The predicted octanol–water partition coefficient (Wildman–Crippen LogP) is 0.828. The van der Waals surface area contributed by atoms with Crippen molar-refractivity contribution in [3.63, 3.8) is 0 Å². The number of carboxylic acids is 1. The molecule has 0 aliphatic rings. The Kier molecular flexibility index (Phi) is 13.7. The molecule has 0 aromatic carbocycles. The summed E-state index contributed by atoms with van der Waals surface area (Å²) in [5.41, 5.74) is 0.238. The monoisotopic (exact) mass is 404 g/mol. The Labute approximate surface area is 163 Å². The number of hydrogen-bond acceptors (Lipinski definition) is 8. The average molecular weight is 404 g/mol. The molecule has 28 heavy (non-hydrogen) atoms. The number of carbonyl (C=O) groups is 4. The highest BCUT2D eigenvalue weighted by atomic mass is 16.6. The second-order valence-corrected chi connectivity index (χ2v) is 5.67. The zero-order chi connectivity index (χ0) is 21.4. The first-order valence-electron chi connectivity index (χ1n) is 8.64. The van der Waals surface area contributed by atoms with Crippen molar-refractivity contribution in [1.82, 2.24) is 10.6 Å². The Bertz CT molecular complexity index is 537. The lowest BCUT2D eigenvalue weighted by atomic mass is 10.1. The number of carboxylic acid groups (broad SMARTS) is 1. The molecular formula is C17H28N2O9. The van der Waals surface area contributed by atoms with Gasteiger partial charge in [0.1, 0.15) is 19.3 Å². The van der Waals surface area contributed by atoms with E-state index in [9.17, 15) is 19.2 Å². The van der Waals surface area contributed by atoms with Gasteiger partial charge in [-0.15, -0.1) is 0 Å². The Balaban J connectivity index is 4.31. The number of hydrogen-bond donors (Lipinski definition) is 3. The zero-order valence-corrected chi connectivity index (χ0v) is 16.2. The molecule has 1 atom stereocenters. The van der Waals surface area contributed by atoms with Crippen molar-refractivity contribution in [2.75, 3.05) is 40.0 Å². The van der Waals surface area contributed by atoms with E-state index < -0.39 is 30.2 Å². The summed E-state index contributed by atoms with van der Waals surface area (Å²) in [6, 6.07) is 0. The number of carbonyl (C=O) groups excluding carboxylic acids is 3. The van der Waals surface area contributed by atoms with Crippen LogP contribution in [0.15, 0.2) is 12.2 Å². The highest BCUT2D eigenvalue weighted by Gasteiger charge is 2.17. The van der Waals surface area contributed by atoms with Crippen LogP contribution in [-0.4, -0.2) is 75.4 Å². The SMILES string of the molecule is C=C(C)C(=O)OCCNC(=O)OC(CCCC(=O)O)COC(=O)NCCOC. The van der Waals surface area contributed by atoms with Gasteiger partial charge < -0.3 is 34.7 Å². The molecule has 0 aliphatic heterocycles. The van der Waals surface area contributed by atoms with Crippen molar-refractivity contribution < 1.29 is 43.2 Å². The maximum atomic E-state index is 11.8. The number of alkyl carbamates (subject to hydrolysis) is 2. The minimum atomic E-state index is -0.985. The molecular weight excluding hydrogens is 376 g/mol. The fourth-order valence-electron chi connectivity index (χ4n) is 1.75. The highest BCUT2D eigenvalue weighted by Crippen LogP contribution is 2.07. The predicted molar refractivity (Wildman–Crippen MR) is 96.8 cm³/mol. The molecule has 0 rings (SSSR count). The normalized spacial score (nSPS) is 11.1. The molecule has 0 radical (unpaired) electrons. The summed E-state index contributed by atoms with van der Waals surface area (Å²) in [4.78, 5) is 45.2. The van der Waals surface area contributed by atoms with Gasteiger partial charge in [-0.25, -0.2) is 14.4 Å². The molecule has 0 heterocycles. The summed E-state index contributed by atoms with van der Waals surface area (Å²) < 4.78 is 19.7. The van der Waals surface area contributed by atoms with Gasteiger partial charge in [-0.2, -0.15) is 0 Å². The lowest BCUT2D eigenvalue weighted by molar-refractivity contribution is -0.139. The van der Waals surface area contributed by atoms with E-state index in [4.69, 9.17) is 24.1 Å². The van der Waals surface area contributed by atoms with Crippen molar-refractivity contribution in [3.8, 4) is 0 Å². The van der Waals surface area contributed by atoms with Crippen molar-refractivity contribution in [1.29, 1.82) is 0 Å². The van der Waals surface area contributed by atoms with E-state index >= 15 is 0 Å². The molecule has 0 fully saturated rings. The Morgan fingerprint density at radius 2 is 1.68 bits per heavy atom. The highest BCUT2D eigenvalue weighted by molar-refractivity contribution is 5.86. The van der Waals surface area contributed by atoms with Gasteiger partial charge in [0, 0.05) is 25.6 Å². The standard InChI is InChI=1S/C17H28N2O9/c1-12(2)15(22)26-10-8-19-17(24)28-13(5-4-6-14(20)21)11-27-16(23)18-7-9-25-3/h13H,1,4-11H2,2-3H3,(H,18,23)(H,19,24)(H,20,21). The van der Waals surface area contributed by atoms with Gasteiger partial charge in [-0.1, -0.05) is 6.58 Å². The van der Waals surface area contributed by atoms with E-state index in [0.29, 0.717) is 6.61 Å². The lowest BCUT2D eigenvalue weighted by Crippen LogP contribution is -2.35. The zero-order valence-electron chi connectivity index (χ0n) is 16.2. The molecule has 1 unspecified atom stereocenters. The topological polar surface area (TPSA) is 149 Å². The van der Waals surface area contributed by atoms with Gasteiger partial charge in [0.25, 0.3) is 0 Å². The van der Waals surface area contributed by atoms with Crippen LogP contribution < -0.4 is 10.6 Å². The number of rotatable bonds is 14. The van der Waals surface area contributed by atoms with Crippen molar-refractivity contribution in [3.05, 3.63) is 12.2 Å². The quantitative estimate of drug-likeness (QED) is 0.165. The van der Waals surface area contributed by atoms with Crippen LogP contribution in [0.1, 0.15) is 26.2 Å². The largest absolute Gasteiger partial charge is 0.481 e. The first-order chi connectivity index (χ1) is 13.3. The third-order valence-corrected chi connectivity index (χ3v) is 3.12. The minimum Gasteiger partial charge on any atom is -0.481 e. The van der Waals surface area contributed by atoms with E-state index in [1.165, 1.54) is 14.0 Å². The van der Waals surface area contributed by atoms with Gasteiger partial charge in [-0.3, -0.25) is 4.79 Å². The molecule has 3 N–H and O–H groups in total. The summed E-state index contributed by atoms with van der Waals surface area (Å²) >= 11 is 0. The summed E-state index contributed by atoms with van der Waals surface area (Å²) in [7, 11) is 1.48. The number of nitrogens with one attached hydrogen (secondary N) is 2. The van der Waals surface area contributed by atoms with Gasteiger partial charge in [0.2, 0.25) is 0 Å². The van der Waals surface area contributed by atoms with Crippen molar-refractivity contribution in [2.45, 2.75) is 32.3 Å². The summed E-state index contributed by atoms with van der Waals surface area (Å²) in [5, 5.41) is 13.5. The van der Waals surface area contributed by atoms with Crippen LogP contribution in [0.2, 0.25) is 0 Å². The van der Waals surface area contributed by atoms with E-state index in [0.717, 1.165) is 0 Å². The Hall–Kier alpha value is -2.82. The van der Waals surface area contributed by atoms with E-state index in [-0.39, 0.29) is 51.1 Å². The number of ether oxygens (including phenoxy) is 4. The molecule has 160 valence electrons. The molecule has 0 aromatic heterocycles. The first-order valence-corrected chi connectivity index (χ1v) is 8.64. The van der Waals surface area contributed by atoms with Crippen LogP contribution in [0.5, 0.6) is 0 Å². The number of amides is 2. The van der Waals surface area contributed by atoms with Crippen LogP contribution in [0, 0.1) is 0 Å². The Morgan fingerprint density at radius 1 is 1.04 bits per heavy atom. The van der Waals surface area contributed by atoms with Gasteiger partial charge in [-0.05, 0) is 19.8 Å². The molecule has 0 aromatic rings. The smallest absolute Gasteiger partial charge is 0.407 e. The van der Waals surface area contributed by atoms with Gasteiger partial charge in [0.15, 0.2) is 0 Å². The second kappa shape index (κ2) is 15.3. The molecule has 11 nitrogen and oxygen atoms in total. The maximum absolute atomic E-state index is 11.8. The lowest BCUT2D eigenvalue weighted by Gasteiger charge is -2.18. The molecule has 11 heteroatoms. The number of methoxy groups -OCH3 is 1. The molecule has 0 aliphatic carbocycles. The average Bonchev–Trinajstić information content (AvgIpc) is 2.62. The molecule has 2 amide bonds. The molecule has 0 saturated heterocycles. The molecule has 0 spiro atoms. The fraction of sp³-hybridized carbons (Fsp3) is 0.647. The van der Waals surface area contributed by atoms with Crippen LogP contribution in [0.3, 0.4) is 0 Å². The van der Waals surface area contributed by atoms with Gasteiger partial charge >= 0.3 is 24.1 Å². The fourth-order valence-corrected chi connectivity index (χ4v) is 1.75. The summed E-state index contributed by atoms with van der Waals surface area (Å²) in [5.74, 6) is -1.56.